The standard InChI is InChI=1S/C29H26N2O2S/c1-31(19-22-12-14-25(15-13-22)32-20-23-8-4-2-5-9-23)29-27-18-26(16-17-28(27)34-30-29)33-21-24-10-6-3-7-11-24/h2-18H,19-21H2,1H3. The second kappa shape index (κ2) is 10.4. The van der Waals surface area contributed by atoms with E-state index in [4.69, 9.17) is 13.8 Å². The summed E-state index contributed by atoms with van der Waals surface area (Å²) in [5, 5.41) is 1.11. The molecule has 34 heavy (non-hydrogen) atoms. The van der Waals surface area contributed by atoms with Crippen molar-refractivity contribution in [3.8, 4) is 11.5 Å². The summed E-state index contributed by atoms with van der Waals surface area (Å²) in [6.07, 6.45) is 0. The third-order valence-electron chi connectivity index (χ3n) is 5.62. The maximum atomic E-state index is 6.04. The topological polar surface area (TPSA) is 34.6 Å². The molecule has 0 atom stereocenters. The average molecular weight is 467 g/mol. The van der Waals surface area contributed by atoms with E-state index in [0.29, 0.717) is 13.2 Å². The van der Waals surface area contributed by atoms with Crippen molar-refractivity contribution in [3.05, 3.63) is 120 Å². The summed E-state index contributed by atoms with van der Waals surface area (Å²) in [4.78, 5) is 2.18. The molecule has 170 valence electrons. The molecule has 0 amide bonds. The molecule has 0 unspecified atom stereocenters. The van der Waals surface area contributed by atoms with Crippen LogP contribution in [0.3, 0.4) is 0 Å². The number of nitrogens with zero attached hydrogens (tertiary/aromatic N) is 2. The highest BCUT2D eigenvalue weighted by Gasteiger charge is 2.13. The van der Waals surface area contributed by atoms with Gasteiger partial charge in [-0.05, 0) is 58.6 Å². The highest BCUT2D eigenvalue weighted by Crippen LogP contribution is 2.33. The summed E-state index contributed by atoms with van der Waals surface area (Å²) in [5.74, 6) is 2.69. The summed E-state index contributed by atoms with van der Waals surface area (Å²) in [7, 11) is 2.08. The lowest BCUT2D eigenvalue weighted by Crippen LogP contribution is -2.16. The van der Waals surface area contributed by atoms with Gasteiger partial charge in [-0.2, -0.15) is 4.37 Å². The average Bonchev–Trinajstić information content (AvgIpc) is 3.32. The first-order valence-electron chi connectivity index (χ1n) is 11.3. The van der Waals surface area contributed by atoms with Gasteiger partial charge in [0.1, 0.15) is 30.5 Å². The van der Waals surface area contributed by atoms with Crippen LogP contribution < -0.4 is 14.4 Å². The Morgan fingerprint density at radius 3 is 1.91 bits per heavy atom. The first-order valence-corrected chi connectivity index (χ1v) is 12.0. The van der Waals surface area contributed by atoms with E-state index < -0.39 is 0 Å². The lowest BCUT2D eigenvalue weighted by atomic mass is 10.2. The summed E-state index contributed by atoms with van der Waals surface area (Å²) >= 11 is 1.52. The van der Waals surface area contributed by atoms with E-state index in [1.807, 2.05) is 54.6 Å². The van der Waals surface area contributed by atoms with Gasteiger partial charge in [0.05, 0.1) is 4.70 Å². The third-order valence-corrected chi connectivity index (χ3v) is 6.44. The molecule has 0 saturated carbocycles. The number of hydrogen-bond acceptors (Lipinski definition) is 5. The van der Waals surface area contributed by atoms with Gasteiger partial charge in [0, 0.05) is 19.0 Å². The number of aromatic nitrogens is 1. The zero-order chi connectivity index (χ0) is 23.2. The minimum Gasteiger partial charge on any atom is -0.489 e. The van der Waals surface area contributed by atoms with Gasteiger partial charge in [-0.3, -0.25) is 0 Å². The maximum Gasteiger partial charge on any atom is 0.150 e. The van der Waals surface area contributed by atoms with Gasteiger partial charge in [-0.15, -0.1) is 0 Å². The molecule has 1 heterocycles. The van der Waals surface area contributed by atoms with Crippen LogP contribution in [0, 0.1) is 0 Å². The second-order valence-corrected chi connectivity index (χ2v) is 9.02. The molecular weight excluding hydrogens is 440 g/mol. The van der Waals surface area contributed by atoms with E-state index in [-0.39, 0.29) is 0 Å². The molecule has 1 aromatic heterocycles. The van der Waals surface area contributed by atoms with Gasteiger partial charge in [0.15, 0.2) is 0 Å². The Labute approximate surface area is 204 Å². The predicted octanol–water partition coefficient (Wildman–Crippen LogP) is 7.09. The van der Waals surface area contributed by atoms with Gasteiger partial charge in [-0.25, -0.2) is 0 Å². The van der Waals surface area contributed by atoms with Crippen LogP contribution in [0.4, 0.5) is 5.82 Å². The van der Waals surface area contributed by atoms with Crippen LogP contribution in [-0.2, 0) is 19.8 Å². The number of hydrogen-bond donors (Lipinski definition) is 0. The fourth-order valence-corrected chi connectivity index (χ4v) is 4.59. The fraction of sp³-hybridized carbons (Fsp3) is 0.138. The van der Waals surface area contributed by atoms with Crippen molar-refractivity contribution in [1.82, 2.24) is 4.37 Å². The molecule has 0 radical (unpaired) electrons. The number of fused-ring (bicyclic) bond motifs is 1. The van der Waals surface area contributed by atoms with E-state index in [1.54, 1.807) is 0 Å². The summed E-state index contributed by atoms with van der Waals surface area (Å²) in [6.45, 7) is 1.88. The summed E-state index contributed by atoms with van der Waals surface area (Å²) in [5.41, 5.74) is 3.51. The molecular formula is C29H26N2O2S. The normalized spacial score (nSPS) is 10.9. The summed E-state index contributed by atoms with van der Waals surface area (Å²) in [6, 6.07) is 34.9. The Morgan fingerprint density at radius 1 is 0.676 bits per heavy atom. The zero-order valence-electron chi connectivity index (χ0n) is 19.1. The Balaban J connectivity index is 1.23. The Kier molecular flexibility index (Phi) is 6.73. The number of rotatable bonds is 9. The van der Waals surface area contributed by atoms with Crippen LogP contribution >= 0.6 is 11.5 Å². The van der Waals surface area contributed by atoms with E-state index >= 15 is 0 Å². The van der Waals surface area contributed by atoms with Crippen LogP contribution in [0.15, 0.2) is 103 Å². The maximum absolute atomic E-state index is 6.04. The van der Waals surface area contributed by atoms with Crippen molar-refractivity contribution in [2.24, 2.45) is 0 Å². The highest BCUT2D eigenvalue weighted by atomic mass is 32.1. The van der Waals surface area contributed by atoms with E-state index in [2.05, 4.69) is 60.5 Å². The van der Waals surface area contributed by atoms with E-state index in [0.717, 1.165) is 45.1 Å². The molecule has 0 fully saturated rings. The van der Waals surface area contributed by atoms with Crippen molar-refractivity contribution in [3.63, 3.8) is 0 Å². The number of ether oxygens (including phenoxy) is 2. The quantitative estimate of drug-likeness (QED) is 0.232. The number of anilines is 1. The predicted molar refractivity (Wildman–Crippen MR) is 140 cm³/mol. The molecule has 0 aliphatic rings. The first-order chi connectivity index (χ1) is 16.7. The minimum atomic E-state index is 0.549. The van der Waals surface area contributed by atoms with Crippen molar-refractivity contribution < 1.29 is 9.47 Å². The summed E-state index contributed by atoms with van der Waals surface area (Å²) < 4.78 is 17.8. The van der Waals surface area contributed by atoms with Gasteiger partial charge in [0.25, 0.3) is 0 Å². The van der Waals surface area contributed by atoms with Gasteiger partial charge in [-0.1, -0.05) is 72.8 Å². The smallest absolute Gasteiger partial charge is 0.150 e. The Morgan fingerprint density at radius 2 is 1.26 bits per heavy atom. The zero-order valence-corrected chi connectivity index (χ0v) is 19.9. The van der Waals surface area contributed by atoms with Crippen molar-refractivity contribution in [2.75, 3.05) is 11.9 Å². The number of benzene rings is 4. The highest BCUT2D eigenvalue weighted by molar-refractivity contribution is 7.13. The van der Waals surface area contributed by atoms with Crippen LogP contribution in [0.2, 0.25) is 0 Å². The van der Waals surface area contributed by atoms with E-state index in [9.17, 15) is 0 Å². The molecule has 0 bridgehead atoms. The minimum absolute atomic E-state index is 0.549. The van der Waals surface area contributed by atoms with E-state index in [1.165, 1.54) is 17.1 Å². The third kappa shape index (κ3) is 5.38. The van der Waals surface area contributed by atoms with Crippen LogP contribution in [-0.4, -0.2) is 11.4 Å². The molecule has 5 heteroatoms. The molecule has 5 aromatic rings. The second-order valence-electron chi connectivity index (χ2n) is 8.21. The Bertz CT molecular complexity index is 1340. The van der Waals surface area contributed by atoms with Crippen molar-refractivity contribution >= 4 is 27.4 Å². The molecule has 4 aromatic carbocycles. The van der Waals surface area contributed by atoms with Crippen LogP contribution in [0.1, 0.15) is 16.7 Å². The lowest BCUT2D eigenvalue weighted by Gasteiger charge is -2.17. The van der Waals surface area contributed by atoms with Gasteiger partial charge in [0.2, 0.25) is 0 Å². The van der Waals surface area contributed by atoms with Crippen molar-refractivity contribution in [2.45, 2.75) is 19.8 Å². The Hall–Kier alpha value is -3.83. The lowest BCUT2D eigenvalue weighted by molar-refractivity contribution is 0.306. The van der Waals surface area contributed by atoms with Gasteiger partial charge < -0.3 is 14.4 Å². The molecule has 0 saturated heterocycles. The monoisotopic (exact) mass is 466 g/mol. The molecule has 0 spiro atoms. The van der Waals surface area contributed by atoms with Gasteiger partial charge >= 0.3 is 0 Å². The van der Waals surface area contributed by atoms with Crippen LogP contribution in [0.5, 0.6) is 11.5 Å². The molecule has 0 aliphatic carbocycles. The molecule has 5 rings (SSSR count). The fourth-order valence-electron chi connectivity index (χ4n) is 3.79. The molecule has 0 aliphatic heterocycles. The first kappa shape index (κ1) is 22.0. The SMILES string of the molecule is CN(Cc1ccc(OCc2ccccc2)cc1)c1nsc2ccc(OCc3ccccc3)cc12. The molecule has 0 N–H and O–H groups in total. The largest absolute Gasteiger partial charge is 0.489 e. The van der Waals surface area contributed by atoms with Crippen LogP contribution in [0.25, 0.3) is 10.1 Å². The molecule has 4 nitrogen and oxygen atoms in total. The van der Waals surface area contributed by atoms with Crippen molar-refractivity contribution in [1.29, 1.82) is 0 Å².